The van der Waals surface area contributed by atoms with Gasteiger partial charge in [-0.15, -0.1) is 0 Å². The van der Waals surface area contributed by atoms with Gasteiger partial charge < -0.3 is 5.11 Å². The predicted octanol–water partition coefficient (Wildman–Crippen LogP) is 5.45. The van der Waals surface area contributed by atoms with Crippen LogP contribution < -0.4 is 0 Å². The van der Waals surface area contributed by atoms with Gasteiger partial charge in [0.25, 0.3) is 0 Å². The molecule has 1 heterocycles. The smallest absolute Gasteiger partial charge is 0.156 e. The molecule has 0 radical (unpaired) electrons. The van der Waals surface area contributed by atoms with Crippen LogP contribution >= 0.6 is 0 Å². The molecule has 4 rings (SSSR count). The third-order valence-corrected chi connectivity index (χ3v) is 6.45. The summed E-state index contributed by atoms with van der Waals surface area (Å²) in [5.74, 6) is -0.833. The maximum atomic E-state index is 14.7. The molecule has 0 spiro atoms. The molecule has 4 atom stereocenters. The molecule has 34 heavy (non-hydrogen) atoms. The van der Waals surface area contributed by atoms with Gasteiger partial charge in [0.15, 0.2) is 6.17 Å². The minimum absolute atomic E-state index is 0. The molecule has 0 aliphatic heterocycles. The van der Waals surface area contributed by atoms with Crippen LogP contribution in [0.25, 0.3) is 11.1 Å². The van der Waals surface area contributed by atoms with Gasteiger partial charge in [-0.25, -0.2) is 17.6 Å². The summed E-state index contributed by atoms with van der Waals surface area (Å²) < 4.78 is 58.8. The first-order chi connectivity index (χ1) is 15.6. The van der Waals surface area contributed by atoms with Crippen molar-refractivity contribution < 1.29 is 27.4 Å². The maximum absolute atomic E-state index is 14.7. The molecule has 180 valence electrons. The Kier molecular flexibility index (Phi) is 7.13. The first-order valence-corrected chi connectivity index (χ1v) is 10.6. The minimum Gasteiger partial charge on any atom is -0.385 e. The quantitative estimate of drug-likeness (QED) is 0.498. The molecule has 1 aliphatic carbocycles. The van der Waals surface area contributed by atoms with Crippen molar-refractivity contribution in [2.45, 2.75) is 51.3 Å². The number of halogens is 5. The lowest BCUT2D eigenvalue weighted by molar-refractivity contribution is 0.0929. The Labute approximate surface area is 193 Å². The molecular formula is C25H24F5N3O. The number of hydrogen-bond acceptors (Lipinski definition) is 3. The van der Waals surface area contributed by atoms with Crippen molar-refractivity contribution in [1.82, 2.24) is 9.78 Å². The van der Waals surface area contributed by atoms with Crippen LogP contribution in [0.1, 0.15) is 58.3 Å². The van der Waals surface area contributed by atoms with E-state index in [4.69, 9.17) is 0 Å². The number of fused-ring (bicyclic) bond motifs is 1. The molecule has 2 aromatic carbocycles. The fourth-order valence-electron chi connectivity index (χ4n) is 4.58. The average Bonchev–Trinajstić information content (AvgIpc) is 3.27. The predicted molar refractivity (Wildman–Crippen MR) is 118 cm³/mol. The highest BCUT2D eigenvalue weighted by molar-refractivity contribution is 5.73. The van der Waals surface area contributed by atoms with Crippen molar-refractivity contribution in [3.63, 3.8) is 0 Å². The van der Waals surface area contributed by atoms with Crippen molar-refractivity contribution in [2.24, 2.45) is 7.05 Å². The lowest BCUT2D eigenvalue weighted by Gasteiger charge is -2.19. The number of nitrogens with zero attached hydrogens (tertiary/aromatic N) is 3. The summed E-state index contributed by atoms with van der Waals surface area (Å²) >= 11 is 0. The highest BCUT2D eigenvalue weighted by Gasteiger charge is 2.36. The molecule has 3 aromatic rings. The topological polar surface area (TPSA) is 61.8 Å². The van der Waals surface area contributed by atoms with Gasteiger partial charge in [-0.05, 0) is 65.8 Å². The number of aromatic nitrogens is 2. The van der Waals surface area contributed by atoms with Crippen molar-refractivity contribution in [2.75, 3.05) is 0 Å². The van der Waals surface area contributed by atoms with Gasteiger partial charge in [0.2, 0.25) is 0 Å². The summed E-state index contributed by atoms with van der Waals surface area (Å²) in [6, 6.07) is 7.20. The summed E-state index contributed by atoms with van der Waals surface area (Å²) in [6.45, 7) is 2.89. The van der Waals surface area contributed by atoms with E-state index in [2.05, 4.69) is 5.10 Å². The Balaban J connectivity index is 0.00000324. The Morgan fingerprint density at radius 3 is 2.56 bits per heavy atom. The SMILES string of the molecule is Cc1c(-c2ccc(Cc3c(C#N)cc(F)cc3C(F)C(C)F)c3c2C(O)C(F)C3)cnn1C.F. The van der Waals surface area contributed by atoms with Gasteiger partial charge in [-0.2, -0.15) is 10.4 Å². The first kappa shape index (κ1) is 25.4. The Bertz CT molecular complexity index is 1260. The minimum atomic E-state index is -2.12. The van der Waals surface area contributed by atoms with E-state index in [1.807, 2.05) is 13.0 Å². The van der Waals surface area contributed by atoms with Gasteiger partial charge in [-0.1, -0.05) is 12.1 Å². The number of rotatable bonds is 5. The molecule has 0 fully saturated rings. The number of nitriles is 1. The molecule has 0 saturated carbocycles. The molecule has 0 saturated heterocycles. The van der Waals surface area contributed by atoms with Crippen LogP contribution in [0.4, 0.5) is 22.3 Å². The number of hydrogen-bond donors (Lipinski definition) is 1. The second-order valence-corrected chi connectivity index (χ2v) is 8.49. The Hall–Kier alpha value is -3.25. The van der Waals surface area contributed by atoms with Crippen LogP contribution in [0.5, 0.6) is 0 Å². The fourth-order valence-corrected chi connectivity index (χ4v) is 4.58. The van der Waals surface area contributed by atoms with Crippen molar-refractivity contribution in [1.29, 1.82) is 5.26 Å². The summed E-state index contributed by atoms with van der Waals surface area (Å²) in [4.78, 5) is 0. The maximum Gasteiger partial charge on any atom is 0.156 e. The third kappa shape index (κ3) is 4.18. The monoisotopic (exact) mass is 477 g/mol. The van der Waals surface area contributed by atoms with Crippen LogP contribution in [-0.2, 0) is 19.9 Å². The Morgan fingerprint density at radius 2 is 1.97 bits per heavy atom. The van der Waals surface area contributed by atoms with Gasteiger partial charge in [-0.3, -0.25) is 9.39 Å². The van der Waals surface area contributed by atoms with Crippen molar-refractivity contribution >= 4 is 0 Å². The molecule has 9 heteroatoms. The fraction of sp³-hybridized carbons (Fsp3) is 0.360. The zero-order valence-electron chi connectivity index (χ0n) is 18.8. The lowest BCUT2D eigenvalue weighted by Crippen LogP contribution is -2.11. The van der Waals surface area contributed by atoms with Crippen LogP contribution in [0.2, 0.25) is 0 Å². The van der Waals surface area contributed by atoms with E-state index in [9.17, 15) is 27.9 Å². The third-order valence-electron chi connectivity index (χ3n) is 6.45. The molecule has 1 aliphatic rings. The van der Waals surface area contributed by atoms with Gasteiger partial charge in [0.05, 0.1) is 17.8 Å². The number of benzene rings is 2. The molecule has 1 aromatic heterocycles. The average molecular weight is 477 g/mol. The van der Waals surface area contributed by atoms with E-state index in [-0.39, 0.29) is 34.2 Å². The molecule has 4 unspecified atom stereocenters. The van der Waals surface area contributed by atoms with Crippen LogP contribution in [0.15, 0.2) is 30.5 Å². The summed E-state index contributed by atoms with van der Waals surface area (Å²) in [5.41, 5.74) is 3.59. The van der Waals surface area contributed by atoms with Gasteiger partial charge in [0.1, 0.15) is 24.3 Å². The normalized spacial score (nSPS) is 18.7. The standard InChI is InChI=1S/C25H23F4N3O.FH/c1-12(26)24(29)20-8-16(27)6-15(10-30)18(20)7-14-4-5-17(21-11-31-32(3)13(21)2)23-19(14)9-22(28)25(23)33;/h4-6,8,11-12,22,24-25,33H,7,9H2,1-3H3;1H. The van der Waals surface area contributed by atoms with Crippen molar-refractivity contribution in [3.8, 4) is 17.2 Å². The summed E-state index contributed by atoms with van der Waals surface area (Å²) in [5, 5.41) is 24.4. The van der Waals surface area contributed by atoms with E-state index >= 15 is 0 Å². The van der Waals surface area contributed by atoms with Crippen LogP contribution in [-0.4, -0.2) is 27.2 Å². The summed E-state index contributed by atoms with van der Waals surface area (Å²) in [6.07, 6.45) is -5.35. The van der Waals surface area contributed by atoms with Crippen molar-refractivity contribution in [3.05, 3.63) is 75.4 Å². The molecule has 1 N–H and O–H groups in total. The highest BCUT2D eigenvalue weighted by Crippen LogP contribution is 2.43. The number of alkyl halides is 3. The van der Waals surface area contributed by atoms with E-state index in [1.54, 1.807) is 30.1 Å². The number of aliphatic hydroxyl groups excluding tert-OH is 1. The lowest BCUT2D eigenvalue weighted by atomic mass is 9.87. The van der Waals surface area contributed by atoms with Gasteiger partial charge in [0, 0.05) is 24.7 Å². The van der Waals surface area contributed by atoms with Gasteiger partial charge >= 0.3 is 0 Å². The molecule has 0 amide bonds. The number of aliphatic hydroxyl groups is 1. The zero-order chi connectivity index (χ0) is 24.0. The Morgan fingerprint density at radius 1 is 1.26 bits per heavy atom. The van der Waals surface area contributed by atoms with Crippen LogP contribution in [0.3, 0.4) is 0 Å². The van der Waals surface area contributed by atoms with E-state index in [0.29, 0.717) is 22.3 Å². The van der Waals surface area contributed by atoms with Crippen LogP contribution in [0, 0.1) is 24.1 Å². The zero-order valence-corrected chi connectivity index (χ0v) is 18.8. The second kappa shape index (κ2) is 9.55. The molecule has 0 bridgehead atoms. The summed E-state index contributed by atoms with van der Waals surface area (Å²) in [7, 11) is 1.78. The number of aryl methyl sites for hydroxylation is 1. The second-order valence-electron chi connectivity index (χ2n) is 8.49. The largest absolute Gasteiger partial charge is 0.385 e. The first-order valence-electron chi connectivity index (χ1n) is 10.6. The van der Waals surface area contributed by atoms with E-state index < -0.39 is 30.4 Å². The highest BCUT2D eigenvalue weighted by atomic mass is 19.2. The molecule has 4 nitrogen and oxygen atoms in total. The van der Waals surface area contributed by atoms with E-state index in [0.717, 1.165) is 30.3 Å². The van der Waals surface area contributed by atoms with E-state index in [1.165, 1.54) is 0 Å². The molecular weight excluding hydrogens is 453 g/mol.